The highest BCUT2D eigenvalue weighted by Gasteiger charge is 2.40. The number of carbonyl (C=O) groups excluding carboxylic acids is 4. The lowest BCUT2D eigenvalue weighted by atomic mass is 10.1. The van der Waals surface area contributed by atoms with Crippen LogP contribution in [0.5, 0.6) is 46.0 Å². The van der Waals surface area contributed by atoms with Crippen LogP contribution in [-0.2, 0) is 17.1 Å². The van der Waals surface area contributed by atoms with Crippen LogP contribution in [0.4, 0.5) is 73.1 Å². The van der Waals surface area contributed by atoms with Gasteiger partial charge in [-0.05, 0) is 72.8 Å². The van der Waals surface area contributed by atoms with Gasteiger partial charge in [0.1, 0.15) is 51.5 Å². The highest BCUT2D eigenvalue weighted by atomic mass is 19.4. The van der Waals surface area contributed by atoms with Crippen LogP contribution < -0.4 is 44.8 Å². The number of methoxy groups -OCH3 is 3. The van der Waals surface area contributed by atoms with E-state index in [1.54, 1.807) is 0 Å². The molecule has 0 saturated heterocycles. The number of halogens is 14. The predicted octanol–water partition coefficient (Wildman–Crippen LogP) is 11.3. The highest BCUT2D eigenvalue weighted by molar-refractivity contribution is 6.07. The van der Waals surface area contributed by atoms with Crippen molar-refractivity contribution in [3.8, 4) is 46.0 Å². The monoisotopic (exact) mass is 1090 g/mol. The van der Waals surface area contributed by atoms with Crippen LogP contribution in [0, 0.1) is 11.6 Å². The Morgan fingerprint density at radius 3 is 1.28 bits per heavy atom. The van der Waals surface area contributed by atoms with E-state index in [0.29, 0.717) is 48.5 Å². The van der Waals surface area contributed by atoms with Gasteiger partial charge in [-0.15, -0.1) is 26.3 Å². The number of ether oxygens (including phenoxy) is 7. The summed E-state index contributed by atoms with van der Waals surface area (Å²) in [6.45, 7) is 0. The number of hydrogen-bond acceptors (Lipinski definition) is 13. The van der Waals surface area contributed by atoms with Crippen molar-refractivity contribution < 1.29 is 122 Å². The van der Waals surface area contributed by atoms with Crippen LogP contribution in [0.15, 0.2) is 97.1 Å². The van der Waals surface area contributed by atoms with Crippen LogP contribution >= 0.6 is 0 Å². The van der Waals surface area contributed by atoms with Crippen molar-refractivity contribution in [3.05, 3.63) is 142 Å². The second-order valence-corrected chi connectivity index (χ2v) is 13.9. The number of nitrogens with zero attached hydrogens (tertiary/aromatic N) is 2. The van der Waals surface area contributed by atoms with Crippen molar-refractivity contribution in [3.63, 3.8) is 0 Å². The number of hydrogen-bond donors (Lipinski definition) is 3. The van der Waals surface area contributed by atoms with E-state index in [2.05, 4.69) is 33.7 Å². The van der Waals surface area contributed by atoms with Gasteiger partial charge in [-0.1, -0.05) is 12.1 Å². The van der Waals surface area contributed by atoms with E-state index in [1.165, 1.54) is 18.2 Å². The summed E-state index contributed by atoms with van der Waals surface area (Å²) in [5.41, 5.74) is -2.10. The first-order valence-corrected chi connectivity index (χ1v) is 19.5. The maximum Gasteiger partial charge on any atom is 0.573 e. The van der Waals surface area contributed by atoms with E-state index in [1.807, 2.05) is 10.6 Å². The Hall–Kier alpha value is -9.12. The minimum atomic E-state index is -5.28. The van der Waals surface area contributed by atoms with Crippen molar-refractivity contribution in [1.29, 1.82) is 0 Å². The Labute approximate surface area is 418 Å². The summed E-state index contributed by atoms with van der Waals surface area (Å²) in [6, 6.07) is 11.9. The van der Waals surface area contributed by atoms with E-state index >= 15 is 8.78 Å². The molecule has 0 bridgehead atoms. The van der Waals surface area contributed by atoms with Gasteiger partial charge in [0, 0.05) is 12.1 Å². The molecule has 4 aromatic carbocycles. The van der Waals surface area contributed by atoms with Gasteiger partial charge in [0.05, 0.1) is 40.5 Å². The minimum absolute atomic E-state index is 0.207. The Morgan fingerprint density at radius 1 is 0.533 bits per heavy atom. The molecule has 0 unspecified atom stereocenters. The standard InChI is InChI=1S/C23H15F7N2O6.C22H14F7N3O5/c1-35-16-10-11(38-23(28,29)30)6-8-14(16)37-15-9-7-12(22(25,26)27)19(24)18(15)20(33)32-17-5-3-4-13(31-17)21(34)36-2;1-35-15-9-10(37-22(27,28)29)5-7-13(15)36-14-8-6-11(21(24,25)26)18(23)17(14)20(34)32-16-4-2-3-12(31-16)19(30)33/h3-10H,1-2H3,(H,31,32,33);2-9H,1H3,(H2,30,33)(H,31,32,34)/i2*1D3. The highest BCUT2D eigenvalue weighted by Crippen LogP contribution is 2.43. The molecule has 2 heterocycles. The average Bonchev–Trinajstić information content (AvgIpc) is 3.37. The summed E-state index contributed by atoms with van der Waals surface area (Å²) in [6.07, 6.45) is -21.0. The molecule has 6 aromatic rings. The molecule has 0 aliphatic carbocycles. The van der Waals surface area contributed by atoms with Crippen LogP contribution in [0.1, 0.15) is 61.0 Å². The molecule has 0 aliphatic rings. The molecular weight excluding hydrogens is 1050 g/mol. The lowest BCUT2D eigenvalue weighted by molar-refractivity contribution is -0.275. The van der Waals surface area contributed by atoms with Crippen LogP contribution in [0.2, 0.25) is 0 Å². The molecule has 0 radical (unpaired) electrons. The van der Waals surface area contributed by atoms with Crippen molar-refractivity contribution in [2.24, 2.45) is 5.73 Å². The number of anilines is 2. The summed E-state index contributed by atoms with van der Waals surface area (Å²) < 4.78 is 261. The molecule has 0 spiro atoms. The lowest BCUT2D eigenvalue weighted by Crippen LogP contribution is -2.20. The summed E-state index contributed by atoms with van der Waals surface area (Å²) >= 11 is 0. The normalized spacial score (nSPS) is 13.1. The zero-order valence-electron chi connectivity index (χ0n) is 42.5. The number of carbonyl (C=O) groups is 4. The molecule has 75 heavy (non-hydrogen) atoms. The van der Waals surface area contributed by atoms with Gasteiger partial charge in [0.2, 0.25) is 0 Å². The lowest BCUT2D eigenvalue weighted by Gasteiger charge is -2.17. The zero-order chi connectivity index (χ0) is 60.8. The van der Waals surface area contributed by atoms with Crippen LogP contribution in [0.3, 0.4) is 0 Å². The number of nitrogens with one attached hydrogen (secondary N) is 2. The topological polar surface area (TPSA) is 209 Å². The van der Waals surface area contributed by atoms with Gasteiger partial charge in [-0.3, -0.25) is 14.4 Å². The number of primary amides is 1. The number of pyridine rings is 2. The van der Waals surface area contributed by atoms with E-state index in [9.17, 15) is 71.9 Å². The maximum atomic E-state index is 15.1. The van der Waals surface area contributed by atoms with E-state index < -0.39 is 154 Å². The first-order chi connectivity index (χ1) is 37.2. The largest absolute Gasteiger partial charge is 0.573 e. The third kappa shape index (κ3) is 15.0. The summed E-state index contributed by atoms with van der Waals surface area (Å²) in [5.74, 6) is -17.3. The fraction of sp³-hybridized carbons (Fsp3) is 0.156. The summed E-state index contributed by atoms with van der Waals surface area (Å²) in [7, 11) is -5.50. The van der Waals surface area contributed by atoms with Crippen LogP contribution in [-0.4, -0.2) is 67.6 Å². The van der Waals surface area contributed by atoms with Crippen molar-refractivity contribution in [2.45, 2.75) is 25.1 Å². The smallest absolute Gasteiger partial charge is 0.493 e. The number of esters is 1. The Bertz CT molecular complexity index is 3350. The molecule has 16 nitrogen and oxygen atoms in total. The Morgan fingerprint density at radius 2 is 0.920 bits per heavy atom. The fourth-order valence-electron chi connectivity index (χ4n) is 5.81. The minimum Gasteiger partial charge on any atom is -0.493 e. The number of benzene rings is 4. The van der Waals surface area contributed by atoms with Gasteiger partial charge in [-0.25, -0.2) is 23.5 Å². The molecule has 0 atom stereocenters. The number of rotatable bonds is 14. The molecule has 0 fully saturated rings. The molecule has 0 aliphatic heterocycles. The molecule has 0 saturated carbocycles. The van der Waals surface area contributed by atoms with Gasteiger partial charge >= 0.3 is 31.0 Å². The SMILES string of the molecule is [2H]C([2H])([2H])Oc1cc(OC(F)(F)F)ccc1Oc1ccc(C(F)(F)F)c(F)c1C(=O)Nc1cccc(C(=O)OC)n1.[2H]C([2H])([2H])Oc1cc(OC(F)(F)F)ccc1Oc1ccc(C(F)(F)F)c(F)c1C(=O)Nc1cccc(C(N)=O)n1. The number of aromatic nitrogens is 2. The predicted molar refractivity (Wildman–Crippen MR) is 227 cm³/mol. The average molecular weight is 1090 g/mol. The number of nitrogens with two attached hydrogens (primary N) is 1. The number of amides is 3. The molecule has 30 heteroatoms. The molecule has 398 valence electrons. The first-order valence-electron chi connectivity index (χ1n) is 22.5. The van der Waals surface area contributed by atoms with Crippen molar-refractivity contribution in [1.82, 2.24) is 9.97 Å². The fourth-order valence-corrected chi connectivity index (χ4v) is 5.81. The molecule has 4 N–H and O–H groups in total. The number of alkyl halides is 12. The summed E-state index contributed by atoms with van der Waals surface area (Å²) in [5, 5.41) is 3.98. The molecule has 2 aromatic heterocycles. The molecular formula is C45H29F14N5O11. The van der Waals surface area contributed by atoms with Gasteiger partial charge < -0.3 is 49.5 Å². The summed E-state index contributed by atoms with van der Waals surface area (Å²) in [4.78, 5) is 56.3. The van der Waals surface area contributed by atoms with Crippen LogP contribution in [0.25, 0.3) is 0 Å². The second kappa shape index (κ2) is 22.7. The van der Waals surface area contributed by atoms with Crippen molar-refractivity contribution in [2.75, 3.05) is 31.8 Å². The molecule has 6 rings (SSSR count). The maximum absolute atomic E-state index is 15.1. The van der Waals surface area contributed by atoms with Gasteiger partial charge in [0.15, 0.2) is 40.3 Å². The van der Waals surface area contributed by atoms with Crippen molar-refractivity contribution >= 4 is 35.3 Å². The van der Waals surface area contributed by atoms with E-state index in [4.69, 9.17) is 23.4 Å². The van der Waals surface area contributed by atoms with Gasteiger partial charge in [0.25, 0.3) is 17.7 Å². The van der Waals surface area contributed by atoms with E-state index in [-0.39, 0.29) is 23.5 Å². The second-order valence-electron chi connectivity index (χ2n) is 13.9. The van der Waals surface area contributed by atoms with E-state index in [0.717, 1.165) is 25.3 Å². The third-order valence-electron chi connectivity index (χ3n) is 8.86. The third-order valence-corrected chi connectivity index (χ3v) is 8.86. The first kappa shape index (κ1) is 48.2. The molecule has 3 amide bonds. The Kier molecular flexibility index (Phi) is 14.6. The quantitative estimate of drug-likeness (QED) is 0.0686. The Balaban J connectivity index is 0.000000297. The zero-order valence-corrected chi connectivity index (χ0v) is 36.5. The van der Waals surface area contributed by atoms with Gasteiger partial charge in [-0.2, -0.15) is 26.3 Å².